The number of nitrogens with zero attached hydrogens (tertiary/aromatic N) is 1. The Hall–Kier alpha value is -1.13. The highest BCUT2D eigenvalue weighted by atomic mass is 35.5. The summed E-state index contributed by atoms with van der Waals surface area (Å²) in [5.74, 6) is -0.243. The van der Waals surface area contributed by atoms with E-state index in [0.29, 0.717) is 17.1 Å². The van der Waals surface area contributed by atoms with E-state index in [9.17, 15) is 4.79 Å². The molecule has 0 aliphatic rings. The first-order valence-electron chi connectivity index (χ1n) is 5.31. The summed E-state index contributed by atoms with van der Waals surface area (Å²) < 4.78 is 5.21. The van der Waals surface area contributed by atoms with Crippen LogP contribution in [0, 0.1) is 6.92 Å². The topological polar surface area (TPSA) is 51.2 Å². The molecule has 94 valence electrons. The quantitative estimate of drug-likeness (QED) is 0.899. The van der Waals surface area contributed by atoms with Crippen molar-refractivity contribution in [2.24, 2.45) is 0 Å². The number of hydrogen-bond acceptors (Lipinski definition) is 3. The number of carbonyl (C=O) groups excluding carboxylic acids is 1. The normalized spacial score (nSPS) is 11.4. The van der Waals surface area contributed by atoms with Crippen molar-refractivity contribution in [3.8, 4) is 0 Å². The van der Waals surface area contributed by atoms with Crippen molar-refractivity contribution in [1.82, 2.24) is 10.3 Å². The van der Waals surface area contributed by atoms with E-state index in [-0.39, 0.29) is 5.91 Å². The van der Waals surface area contributed by atoms with Crippen LogP contribution in [-0.2, 0) is 4.74 Å². The van der Waals surface area contributed by atoms with Gasteiger partial charge in [0.2, 0.25) is 0 Å². The fraction of sp³-hybridized carbons (Fsp3) is 0.500. The van der Waals surface area contributed by atoms with Crippen molar-refractivity contribution in [1.29, 1.82) is 0 Å². The van der Waals surface area contributed by atoms with E-state index in [1.54, 1.807) is 13.2 Å². The second-order valence-electron chi connectivity index (χ2n) is 4.45. The largest absolute Gasteiger partial charge is 0.377 e. The van der Waals surface area contributed by atoms with Crippen LogP contribution >= 0.6 is 11.6 Å². The Labute approximate surface area is 106 Å². The molecule has 1 rings (SSSR count). The monoisotopic (exact) mass is 256 g/mol. The molecule has 0 aromatic carbocycles. The molecule has 0 fully saturated rings. The number of rotatable bonds is 4. The van der Waals surface area contributed by atoms with Gasteiger partial charge in [-0.2, -0.15) is 0 Å². The van der Waals surface area contributed by atoms with Crippen LogP contribution < -0.4 is 5.32 Å². The molecule has 1 amide bonds. The summed E-state index contributed by atoms with van der Waals surface area (Å²) in [4.78, 5) is 15.9. The molecule has 1 N–H and O–H groups in total. The maximum atomic E-state index is 11.8. The van der Waals surface area contributed by atoms with Crippen molar-refractivity contribution in [2.75, 3.05) is 13.7 Å². The molecule has 4 nitrogen and oxygen atoms in total. The lowest BCUT2D eigenvalue weighted by Crippen LogP contribution is -2.39. The van der Waals surface area contributed by atoms with Crippen molar-refractivity contribution < 1.29 is 9.53 Å². The van der Waals surface area contributed by atoms with Crippen LogP contribution in [0.5, 0.6) is 0 Å². The molecular formula is C12H17ClN2O2. The third-order valence-corrected chi connectivity index (χ3v) is 2.77. The van der Waals surface area contributed by atoms with E-state index >= 15 is 0 Å². The van der Waals surface area contributed by atoms with Crippen LogP contribution in [0.2, 0.25) is 5.02 Å². The average molecular weight is 257 g/mol. The summed E-state index contributed by atoms with van der Waals surface area (Å²) >= 11 is 5.98. The van der Waals surface area contributed by atoms with Gasteiger partial charge in [-0.15, -0.1) is 0 Å². The summed E-state index contributed by atoms with van der Waals surface area (Å²) in [6.07, 6.45) is 1.48. The van der Waals surface area contributed by atoms with E-state index in [1.807, 2.05) is 20.8 Å². The van der Waals surface area contributed by atoms with Gasteiger partial charge in [0.15, 0.2) is 0 Å². The van der Waals surface area contributed by atoms with Gasteiger partial charge in [0, 0.05) is 25.5 Å². The molecule has 5 heteroatoms. The minimum absolute atomic E-state index is 0.243. The zero-order valence-electron chi connectivity index (χ0n) is 10.5. The molecule has 17 heavy (non-hydrogen) atoms. The first-order chi connectivity index (χ1) is 7.85. The van der Waals surface area contributed by atoms with E-state index < -0.39 is 5.60 Å². The first kappa shape index (κ1) is 13.9. The van der Waals surface area contributed by atoms with Gasteiger partial charge in [-0.25, -0.2) is 0 Å². The van der Waals surface area contributed by atoms with Crippen molar-refractivity contribution in [3.05, 3.63) is 28.5 Å². The van der Waals surface area contributed by atoms with Crippen LogP contribution in [0.4, 0.5) is 0 Å². The number of aryl methyl sites for hydroxylation is 1. The predicted octanol–water partition coefficient (Wildman–Crippen LogP) is 2.20. The van der Waals surface area contributed by atoms with Gasteiger partial charge < -0.3 is 10.1 Å². The van der Waals surface area contributed by atoms with Gasteiger partial charge in [0.05, 0.1) is 16.2 Å². The fourth-order valence-electron chi connectivity index (χ4n) is 1.15. The summed E-state index contributed by atoms with van der Waals surface area (Å²) in [5.41, 5.74) is 0.758. The molecule has 0 aliphatic heterocycles. The van der Waals surface area contributed by atoms with Gasteiger partial charge in [-0.3, -0.25) is 9.78 Å². The fourth-order valence-corrected chi connectivity index (χ4v) is 1.45. The molecule has 0 aliphatic carbocycles. The Kier molecular flexibility index (Phi) is 4.48. The third-order valence-electron chi connectivity index (χ3n) is 2.46. The summed E-state index contributed by atoms with van der Waals surface area (Å²) in [6, 6.07) is 1.66. The Morgan fingerprint density at radius 1 is 1.59 bits per heavy atom. The van der Waals surface area contributed by atoms with Crippen LogP contribution in [0.1, 0.15) is 29.9 Å². The van der Waals surface area contributed by atoms with E-state index in [1.165, 1.54) is 6.20 Å². The Balaban J connectivity index is 2.71. The Bertz CT molecular complexity index is 419. The van der Waals surface area contributed by atoms with Crippen LogP contribution in [-0.4, -0.2) is 30.1 Å². The van der Waals surface area contributed by atoms with Gasteiger partial charge >= 0.3 is 0 Å². The highest BCUT2D eigenvalue weighted by Crippen LogP contribution is 2.15. The summed E-state index contributed by atoms with van der Waals surface area (Å²) in [5, 5.41) is 3.17. The molecule has 1 aromatic heterocycles. The van der Waals surface area contributed by atoms with Crippen molar-refractivity contribution in [2.45, 2.75) is 26.4 Å². The number of aromatic nitrogens is 1. The second-order valence-corrected chi connectivity index (χ2v) is 4.86. The zero-order valence-corrected chi connectivity index (χ0v) is 11.3. The lowest BCUT2D eigenvalue weighted by atomic mass is 10.1. The van der Waals surface area contributed by atoms with Gasteiger partial charge in [0.1, 0.15) is 0 Å². The number of hydrogen-bond donors (Lipinski definition) is 1. The highest BCUT2D eigenvalue weighted by Gasteiger charge is 2.19. The standard InChI is InChI=1S/C12H17ClN2O2/c1-8-5-10(13)9(6-14-8)11(16)15-7-12(2,3)17-4/h5-6H,7H2,1-4H3,(H,15,16). The minimum atomic E-state index is -0.403. The van der Waals surface area contributed by atoms with E-state index in [2.05, 4.69) is 10.3 Å². The number of halogens is 1. The molecule has 0 bridgehead atoms. The maximum Gasteiger partial charge on any atom is 0.254 e. The van der Waals surface area contributed by atoms with Crippen molar-refractivity contribution in [3.63, 3.8) is 0 Å². The molecule has 0 saturated heterocycles. The van der Waals surface area contributed by atoms with E-state index in [0.717, 1.165) is 5.69 Å². The number of pyridine rings is 1. The summed E-state index contributed by atoms with van der Waals surface area (Å²) in [6.45, 7) is 6.01. The number of methoxy groups -OCH3 is 1. The zero-order chi connectivity index (χ0) is 13.1. The molecule has 1 heterocycles. The molecule has 0 spiro atoms. The third kappa shape index (κ3) is 3.98. The molecule has 1 aromatic rings. The lowest BCUT2D eigenvalue weighted by molar-refractivity contribution is 0.0228. The lowest BCUT2D eigenvalue weighted by Gasteiger charge is -2.23. The van der Waals surface area contributed by atoms with Crippen LogP contribution in [0.15, 0.2) is 12.3 Å². The van der Waals surface area contributed by atoms with Gasteiger partial charge in [-0.05, 0) is 26.8 Å². The number of amides is 1. The Morgan fingerprint density at radius 3 is 2.76 bits per heavy atom. The second kappa shape index (κ2) is 5.47. The average Bonchev–Trinajstić information content (AvgIpc) is 2.26. The van der Waals surface area contributed by atoms with Gasteiger partial charge in [0.25, 0.3) is 5.91 Å². The number of carbonyl (C=O) groups is 1. The summed E-state index contributed by atoms with van der Waals surface area (Å²) in [7, 11) is 1.60. The molecular weight excluding hydrogens is 240 g/mol. The number of ether oxygens (including phenoxy) is 1. The molecule has 0 saturated carbocycles. The number of nitrogens with one attached hydrogen (secondary N) is 1. The molecule has 0 atom stereocenters. The minimum Gasteiger partial charge on any atom is -0.377 e. The van der Waals surface area contributed by atoms with Gasteiger partial charge in [-0.1, -0.05) is 11.6 Å². The Morgan fingerprint density at radius 2 is 2.24 bits per heavy atom. The van der Waals surface area contributed by atoms with Crippen LogP contribution in [0.25, 0.3) is 0 Å². The van der Waals surface area contributed by atoms with E-state index in [4.69, 9.17) is 16.3 Å². The smallest absolute Gasteiger partial charge is 0.254 e. The first-order valence-corrected chi connectivity index (χ1v) is 5.69. The predicted molar refractivity (Wildman–Crippen MR) is 67.4 cm³/mol. The maximum absolute atomic E-state index is 11.8. The highest BCUT2D eigenvalue weighted by molar-refractivity contribution is 6.33. The molecule has 0 unspecified atom stereocenters. The SMILES string of the molecule is COC(C)(C)CNC(=O)c1cnc(C)cc1Cl. The van der Waals surface area contributed by atoms with Crippen molar-refractivity contribution >= 4 is 17.5 Å². The van der Waals surface area contributed by atoms with Crippen LogP contribution in [0.3, 0.4) is 0 Å². The molecule has 0 radical (unpaired) electrons.